The van der Waals surface area contributed by atoms with Crippen LogP contribution in [0.1, 0.15) is 23.7 Å². The van der Waals surface area contributed by atoms with E-state index in [1.54, 1.807) is 49.5 Å². The molecule has 2 N–H and O–H groups in total. The number of benzene rings is 1. The molecule has 0 aliphatic rings. The van der Waals surface area contributed by atoms with Gasteiger partial charge in [-0.05, 0) is 30.3 Å². The first kappa shape index (κ1) is 16.3. The van der Waals surface area contributed by atoms with Gasteiger partial charge in [-0.1, -0.05) is 13.0 Å². The number of carbonyl (C=O) groups is 2. The molecule has 1 aromatic carbocycles. The monoisotopic (exact) mass is 336 g/mol. The van der Waals surface area contributed by atoms with Crippen molar-refractivity contribution in [3.05, 3.63) is 60.8 Å². The lowest BCUT2D eigenvalue weighted by molar-refractivity contribution is -0.115. The quantitative estimate of drug-likeness (QED) is 0.744. The largest absolute Gasteiger partial charge is 0.326 e. The number of nitrogens with one attached hydrogen (secondary N) is 2. The van der Waals surface area contributed by atoms with Crippen molar-refractivity contribution in [1.29, 1.82) is 0 Å². The van der Waals surface area contributed by atoms with Gasteiger partial charge in [-0.25, -0.2) is 14.6 Å². The van der Waals surface area contributed by atoms with Gasteiger partial charge in [-0.3, -0.25) is 9.59 Å². The number of amides is 2. The van der Waals surface area contributed by atoms with Crippen LogP contribution in [0.5, 0.6) is 0 Å². The lowest BCUT2D eigenvalue weighted by Gasteiger charge is -2.10. The van der Waals surface area contributed by atoms with E-state index in [4.69, 9.17) is 0 Å². The highest BCUT2D eigenvalue weighted by molar-refractivity contribution is 6.06. The number of aromatic nitrogens is 4. The molecule has 0 bridgehead atoms. The second kappa shape index (κ2) is 7.35. The van der Waals surface area contributed by atoms with Crippen LogP contribution in [0.2, 0.25) is 0 Å². The molecule has 3 rings (SSSR count). The highest BCUT2D eigenvalue weighted by Gasteiger charge is 2.12. The first-order valence-corrected chi connectivity index (χ1v) is 7.68. The van der Waals surface area contributed by atoms with Crippen molar-refractivity contribution in [3.8, 4) is 5.82 Å². The molecular weight excluding hydrogens is 320 g/mol. The minimum absolute atomic E-state index is 0.113. The van der Waals surface area contributed by atoms with E-state index >= 15 is 0 Å². The van der Waals surface area contributed by atoms with Crippen LogP contribution in [-0.2, 0) is 4.79 Å². The average molecular weight is 336 g/mol. The fourth-order valence-electron chi connectivity index (χ4n) is 2.18. The summed E-state index contributed by atoms with van der Waals surface area (Å²) in [7, 11) is 0. The molecule has 25 heavy (non-hydrogen) atoms. The Morgan fingerprint density at radius 3 is 2.80 bits per heavy atom. The van der Waals surface area contributed by atoms with Crippen molar-refractivity contribution in [2.45, 2.75) is 13.3 Å². The molecule has 0 radical (unpaired) electrons. The van der Waals surface area contributed by atoms with E-state index in [2.05, 4.69) is 25.7 Å². The van der Waals surface area contributed by atoms with Gasteiger partial charge in [0.05, 0.1) is 5.69 Å². The number of rotatable bonds is 5. The molecule has 0 spiro atoms. The summed E-state index contributed by atoms with van der Waals surface area (Å²) in [4.78, 5) is 32.1. The van der Waals surface area contributed by atoms with Crippen molar-refractivity contribution < 1.29 is 9.59 Å². The van der Waals surface area contributed by atoms with Crippen LogP contribution < -0.4 is 10.6 Å². The Balaban J connectivity index is 1.82. The van der Waals surface area contributed by atoms with Crippen molar-refractivity contribution in [3.63, 3.8) is 0 Å². The van der Waals surface area contributed by atoms with Gasteiger partial charge in [-0.15, -0.1) is 0 Å². The SMILES string of the molecule is CCC(=O)Nc1cccc(C(=O)Nc2cccnc2-n2cncn2)c1. The first-order valence-electron chi connectivity index (χ1n) is 7.68. The second-order valence-electron chi connectivity index (χ2n) is 5.15. The highest BCUT2D eigenvalue weighted by Crippen LogP contribution is 2.18. The molecule has 0 fully saturated rings. The molecule has 2 aromatic heterocycles. The van der Waals surface area contributed by atoms with Gasteiger partial charge in [0.1, 0.15) is 12.7 Å². The third kappa shape index (κ3) is 3.86. The number of hydrogen-bond donors (Lipinski definition) is 2. The highest BCUT2D eigenvalue weighted by atomic mass is 16.2. The Morgan fingerprint density at radius 1 is 1.16 bits per heavy atom. The van der Waals surface area contributed by atoms with E-state index < -0.39 is 0 Å². The maximum Gasteiger partial charge on any atom is 0.255 e. The van der Waals surface area contributed by atoms with E-state index in [1.807, 2.05) is 0 Å². The summed E-state index contributed by atoms with van der Waals surface area (Å²) in [6.45, 7) is 1.76. The molecule has 0 atom stereocenters. The van der Waals surface area contributed by atoms with Crippen LogP contribution in [0.25, 0.3) is 5.82 Å². The van der Waals surface area contributed by atoms with Crippen molar-refractivity contribution in [1.82, 2.24) is 19.7 Å². The Hall–Kier alpha value is -3.55. The van der Waals surface area contributed by atoms with Gasteiger partial charge in [-0.2, -0.15) is 5.10 Å². The van der Waals surface area contributed by atoms with Gasteiger partial charge >= 0.3 is 0 Å². The number of carbonyl (C=O) groups excluding carboxylic acids is 2. The minimum Gasteiger partial charge on any atom is -0.326 e. The molecular formula is C17H16N6O2. The third-order valence-electron chi connectivity index (χ3n) is 3.40. The molecule has 0 aliphatic carbocycles. The average Bonchev–Trinajstić information content (AvgIpc) is 3.16. The smallest absolute Gasteiger partial charge is 0.255 e. The van der Waals surface area contributed by atoms with Crippen LogP contribution in [0.3, 0.4) is 0 Å². The topological polar surface area (TPSA) is 102 Å². The third-order valence-corrected chi connectivity index (χ3v) is 3.40. The summed E-state index contributed by atoms with van der Waals surface area (Å²) < 4.78 is 1.47. The fraction of sp³-hybridized carbons (Fsp3) is 0.118. The summed E-state index contributed by atoms with van der Waals surface area (Å²) in [5.41, 5.74) is 1.49. The van der Waals surface area contributed by atoms with Crippen LogP contribution in [0.4, 0.5) is 11.4 Å². The standard InChI is InChI=1S/C17H16N6O2/c1-2-15(24)21-13-6-3-5-12(9-13)17(25)22-14-7-4-8-19-16(14)23-11-18-10-20-23/h3-11H,2H2,1H3,(H,21,24)(H,22,25). The Morgan fingerprint density at radius 2 is 2.04 bits per heavy atom. The van der Waals surface area contributed by atoms with Crippen molar-refractivity contribution >= 4 is 23.2 Å². The molecule has 8 nitrogen and oxygen atoms in total. The lowest BCUT2D eigenvalue weighted by Crippen LogP contribution is -2.15. The van der Waals surface area contributed by atoms with Crippen LogP contribution in [-0.4, -0.2) is 31.6 Å². The predicted octanol–water partition coefficient (Wildman–Crippen LogP) is 2.26. The lowest BCUT2D eigenvalue weighted by atomic mass is 10.2. The zero-order valence-corrected chi connectivity index (χ0v) is 13.5. The molecule has 126 valence electrons. The summed E-state index contributed by atoms with van der Waals surface area (Å²) in [5, 5.41) is 9.57. The van der Waals surface area contributed by atoms with E-state index in [1.165, 1.54) is 17.3 Å². The molecule has 3 aromatic rings. The fourth-order valence-corrected chi connectivity index (χ4v) is 2.18. The normalized spacial score (nSPS) is 10.3. The minimum atomic E-state index is -0.318. The Labute approximate surface area is 143 Å². The molecule has 2 heterocycles. The Bertz CT molecular complexity index is 892. The van der Waals surface area contributed by atoms with Gasteiger partial charge in [0.25, 0.3) is 5.91 Å². The number of pyridine rings is 1. The maximum absolute atomic E-state index is 12.5. The van der Waals surface area contributed by atoms with Crippen molar-refractivity contribution in [2.24, 2.45) is 0 Å². The van der Waals surface area contributed by atoms with Gasteiger partial charge in [0.15, 0.2) is 5.82 Å². The molecule has 0 saturated carbocycles. The predicted molar refractivity (Wildman–Crippen MR) is 92.5 cm³/mol. The summed E-state index contributed by atoms with van der Waals surface area (Å²) >= 11 is 0. The van der Waals surface area contributed by atoms with Crippen LogP contribution in [0.15, 0.2) is 55.2 Å². The van der Waals surface area contributed by atoms with Crippen molar-refractivity contribution in [2.75, 3.05) is 10.6 Å². The summed E-state index contributed by atoms with van der Waals surface area (Å²) in [6.07, 6.45) is 4.86. The number of hydrogen-bond acceptors (Lipinski definition) is 5. The number of nitrogens with zero attached hydrogens (tertiary/aromatic N) is 4. The maximum atomic E-state index is 12.5. The van der Waals surface area contributed by atoms with Crippen LogP contribution >= 0.6 is 0 Å². The molecule has 8 heteroatoms. The van der Waals surface area contributed by atoms with Gasteiger partial charge < -0.3 is 10.6 Å². The Kier molecular flexibility index (Phi) is 4.79. The van der Waals surface area contributed by atoms with Gasteiger partial charge in [0, 0.05) is 23.9 Å². The number of anilines is 2. The first-order chi connectivity index (χ1) is 12.2. The van der Waals surface area contributed by atoms with E-state index in [9.17, 15) is 9.59 Å². The van der Waals surface area contributed by atoms with Gasteiger partial charge in [0.2, 0.25) is 5.91 Å². The molecule has 0 saturated heterocycles. The van der Waals surface area contributed by atoms with E-state index in [0.29, 0.717) is 29.2 Å². The second-order valence-corrected chi connectivity index (χ2v) is 5.15. The van der Waals surface area contributed by atoms with E-state index in [0.717, 1.165) is 0 Å². The molecule has 2 amide bonds. The zero-order chi connectivity index (χ0) is 17.6. The molecule has 0 aliphatic heterocycles. The molecule has 0 unspecified atom stereocenters. The van der Waals surface area contributed by atoms with E-state index in [-0.39, 0.29) is 11.8 Å². The summed E-state index contributed by atoms with van der Waals surface area (Å²) in [6, 6.07) is 10.2. The van der Waals surface area contributed by atoms with Crippen LogP contribution in [0, 0.1) is 0 Å². The summed E-state index contributed by atoms with van der Waals surface area (Å²) in [5.74, 6) is 0.0315. The zero-order valence-electron chi connectivity index (χ0n) is 13.5.